The quantitative estimate of drug-likeness (QED) is 0.681. The van der Waals surface area contributed by atoms with Gasteiger partial charge in [0.05, 0.1) is 17.7 Å². The highest BCUT2D eigenvalue weighted by molar-refractivity contribution is 5.81. The molecule has 0 aromatic heterocycles. The Hall–Kier alpha value is -1.97. The summed E-state index contributed by atoms with van der Waals surface area (Å²) < 4.78 is 0. The molecule has 1 amide bonds. The molecule has 4 heteroatoms. The third-order valence-electron chi connectivity index (χ3n) is 2.87. The van der Waals surface area contributed by atoms with Crippen LogP contribution in [0.4, 0.5) is 0 Å². The van der Waals surface area contributed by atoms with Crippen LogP contribution in [0.5, 0.6) is 0 Å². The van der Waals surface area contributed by atoms with E-state index < -0.39 is 0 Å². The van der Waals surface area contributed by atoms with Crippen LogP contribution in [0.3, 0.4) is 0 Å². The number of hydrogen-bond acceptors (Lipinski definition) is 3. The Morgan fingerprint density at radius 1 is 1.12 bits per heavy atom. The summed E-state index contributed by atoms with van der Waals surface area (Å²) in [5.41, 5.74) is 0.734. The first-order valence-corrected chi connectivity index (χ1v) is 5.66. The molecule has 1 heterocycles. The first-order chi connectivity index (χ1) is 8.20. The molecule has 0 fully saturated rings. The van der Waals surface area contributed by atoms with Crippen molar-refractivity contribution in [3.8, 4) is 0 Å². The van der Waals surface area contributed by atoms with E-state index >= 15 is 0 Å². The zero-order valence-corrected chi connectivity index (χ0v) is 9.95. The van der Waals surface area contributed by atoms with Crippen molar-refractivity contribution in [2.75, 3.05) is 0 Å². The van der Waals surface area contributed by atoms with E-state index in [1.54, 1.807) is 0 Å². The maximum atomic E-state index is 12.1. The van der Waals surface area contributed by atoms with E-state index in [1.165, 1.54) is 5.01 Å². The summed E-state index contributed by atoms with van der Waals surface area (Å²) >= 11 is 0. The van der Waals surface area contributed by atoms with Crippen LogP contribution in [0, 0.1) is 5.92 Å². The fourth-order valence-corrected chi connectivity index (χ4v) is 1.55. The molecular formula is C13H15N3O. The normalized spacial score (nSPS) is 36.7. The van der Waals surface area contributed by atoms with Gasteiger partial charge in [0.1, 0.15) is 0 Å². The smallest absolute Gasteiger partial charge is 0.253 e. The lowest BCUT2D eigenvalue weighted by Gasteiger charge is -2.27. The average Bonchev–Trinajstić information content (AvgIpc) is 2.27. The summed E-state index contributed by atoms with van der Waals surface area (Å²) in [5, 5.41) is 9.42. The number of carbonyl (C=O) groups is 1. The number of amides is 1. The van der Waals surface area contributed by atoms with Crippen LogP contribution in [0.15, 0.2) is 58.6 Å². The SMILES string of the molecule is CC1N=NN(C2=C/C=C\C=C/C=C\2)C(=O)C1C. The van der Waals surface area contributed by atoms with E-state index in [2.05, 4.69) is 10.3 Å². The zero-order chi connectivity index (χ0) is 12.3. The molecule has 2 rings (SSSR count). The molecule has 88 valence electrons. The summed E-state index contributed by atoms with van der Waals surface area (Å²) in [4.78, 5) is 12.1. The lowest BCUT2D eigenvalue weighted by Crippen LogP contribution is -2.37. The molecule has 0 radical (unpaired) electrons. The largest absolute Gasteiger partial charge is 0.272 e. The summed E-state index contributed by atoms with van der Waals surface area (Å²) in [6.07, 6.45) is 13.2. The number of carbonyl (C=O) groups excluding carboxylic acids is 1. The van der Waals surface area contributed by atoms with Gasteiger partial charge in [0.2, 0.25) is 0 Å². The molecule has 0 N–H and O–H groups in total. The van der Waals surface area contributed by atoms with Crippen molar-refractivity contribution < 1.29 is 4.79 Å². The monoisotopic (exact) mass is 229 g/mol. The Kier molecular flexibility index (Phi) is 3.32. The molecule has 2 atom stereocenters. The van der Waals surface area contributed by atoms with E-state index in [0.29, 0.717) is 0 Å². The fourth-order valence-electron chi connectivity index (χ4n) is 1.55. The van der Waals surface area contributed by atoms with Crippen LogP contribution >= 0.6 is 0 Å². The van der Waals surface area contributed by atoms with Crippen molar-refractivity contribution in [1.29, 1.82) is 0 Å². The number of nitrogens with zero attached hydrogens (tertiary/aromatic N) is 3. The van der Waals surface area contributed by atoms with E-state index in [9.17, 15) is 4.79 Å². The summed E-state index contributed by atoms with van der Waals surface area (Å²) in [6.45, 7) is 3.77. The lowest BCUT2D eigenvalue weighted by molar-refractivity contribution is -0.135. The maximum Gasteiger partial charge on any atom is 0.253 e. The van der Waals surface area contributed by atoms with E-state index in [4.69, 9.17) is 0 Å². The molecule has 0 aromatic carbocycles. The van der Waals surface area contributed by atoms with Gasteiger partial charge in [-0.1, -0.05) is 42.5 Å². The Labute approximate surface area is 101 Å². The Balaban J connectivity index is 2.28. The second-order valence-corrected chi connectivity index (χ2v) is 4.10. The second kappa shape index (κ2) is 4.91. The Morgan fingerprint density at radius 3 is 2.65 bits per heavy atom. The van der Waals surface area contributed by atoms with Crippen molar-refractivity contribution in [2.45, 2.75) is 19.9 Å². The van der Waals surface area contributed by atoms with E-state index in [1.807, 2.05) is 56.4 Å². The van der Waals surface area contributed by atoms with Crippen molar-refractivity contribution in [3.63, 3.8) is 0 Å². The van der Waals surface area contributed by atoms with E-state index in [-0.39, 0.29) is 17.9 Å². The van der Waals surface area contributed by atoms with Crippen molar-refractivity contribution in [2.24, 2.45) is 16.3 Å². The molecule has 1 aliphatic carbocycles. The second-order valence-electron chi connectivity index (χ2n) is 4.10. The highest BCUT2D eigenvalue weighted by Crippen LogP contribution is 2.22. The molecule has 2 unspecified atom stereocenters. The molecule has 0 saturated heterocycles. The fraction of sp³-hybridized carbons (Fsp3) is 0.308. The van der Waals surface area contributed by atoms with Crippen molar-refractivity contribution >= 4 is 5.91 Å². The zero-order valence-electron chi connectivity index (χ0n) is 9.95. The van der Waals surface area contributed by atoms with Gasteiger partial charge >= 0.3 is 0 Å². The topological polar surface area (TPSA) is 45.0 Å². The summed E-state index contributed by atoms with van der Waals surface area (Å²) in [6, 6.07) is -0.0488. The molecule has 4 nitrogen and oxygen atoms in total. The number of allylic oxidation sites excluding steroid dienone is 7. The predicted octanol–water partition coefficient (Wildman–Crippen LogP) is 2.79. The van der Waals surface area contributed by atoms with Crippen molar-refractivity contribution in [1.82, 2.24) is 5.01 Å². The summed E-state index contributed by atoms with van der Waals surface area (Å²) in [7, 11) is 0. The minimum Gasteiger partial charge on any atom is -0.272 e. The van der Waals surface area contributed by atoms with Crippen LogP contribution in [-0.4, -0.2) is 17.0 Å². The van der Waals surface area contributed by atoms with Gasteiger partial charge in [-0.05, 0) is 19.1 Å². The molecule has 1 aliphatic heterocycles. The van der Waals surface area contributed by atoms with E-state index in [0.717, 1.165) is 5.70 Å². The molecule has 0 saturated carbocycles. The summed E-state index contributed by atoms with van der Waals surface area (Å²) in [5.74, 6) is -0.145. The maximum absolute atomic E-state index is 12.1. The lowest BCUT2D eigenvalue weighted by atomic mass is 10.0. The number of hydrogen-bond donors (Lipinski definition) is 0. The molecule has 0 bridgehead atoms. The van der Waals surface area contributed by atoms with Crippen LogP contribution in [0.1, 0.15) is 13.8 Å². The molecule has 0 aromatic rings. The van der Waals surface area contributed by atoms with Gasteiger partial charge in [0.15, 0.2) is 0 Å². The first kappa shape index (κ1) is 11.5. The van der Waals surface area contributed by atoms with Gasteiger partial charge in [-0.25, -0.2) is 0 Å². The van der Waals surface area contributed by atoms with Crippen LogP contribution in [0.25, 0.3) is 0 Å². The average molecular weight is 229 g/mol. The standard InChI is InChI=1S/C13H15N3O/c1-10-11(2)14-15-16(13(10)17)12-8-6-4-3-5-7-9-12/h3-11H,1-2H3/b4-3-,5-3?,6-4?,7-5-,8-6-,9-7?,12-8?,12-9+. The molecule has 2 aliphatic rings. The van der Waals surface area contributed by atoms with Gasteiger partial charge in [-0.2, -0.15) is 10.1 Å². The Morgan fingerprint density at radius 2 is 1.82 bits per heavy atom. The van der Waals surface area contributed by atoms with Gasteiger partial charge < -0.3 is 0 Å². The third kappa shape index (κ3) is 2.41. The van der Waals surface area contributed by atoms with Crippen molar-refractivity contribution in [3.05, 3.63) is 48.2 Å². The molecule has 17 heavy (non-hydrogen) atoms. The van der Waals surface area contributed by atoms with Gasteiger partial charge in [0.25, 0.3) is 5.91 Å². The minimum absolute atomic E-state index is 0.0126. The first-order valence-electron chi connectivity index (χ1n) is 5.66. The van der Waals surface area contributed by atoms with Gasteiger partial charge in [0, 0.05) is 0 Å². The van der Waals surface area contributed by atoms with Gasteiger partial charge in [-0.3, -0.25) is 4.79 Å². The Bertz CT molecular complexity index is 457. The third-order valence-corrected chi connectivity index (χ3v) is 2.87. The number of rotatable bonds is 1. The van der Waals surface area contributed by atoms with Crippen LogP contribution < -0.4 is 0 Å². The minimum atomic E-state index is -0.133. The highest BCUT2D eigenvalue weighted by atomic mass is 16.2. The van der Waals surface area contributed by atoms with Gasteiger partial charge in [-0.15, -0.1) is 0 Å². The molecular weight excluding hydrogens is 214 g/mol. The molecule has 0 spiro atoms. The van der Waals surface area contributed by atoms with Crippen LogP contribution in [0.2, 0.25) is 0 Å². The highest BCUT2D eigenvalue weighted by Gasteiger charge is 2.30. The predicted molar refractivity (Wildman–Crippen MR) is 65.8 cm³/mol. The van der Waals surface area contributed by atoms with Crippen LogP contribution in [-0.2, 0) is 4.79 Å².